The molecule has 0 spiro atoms. The molecule has 4 fully saturated rings. The van der Waals surface area contributed by atoms with Crippen LogP contribution in [0.25, 0.3) is 0 Å². The molecule has 0 aromatic rings. The number of ether oxygens (including phenoxy) is 2. The molecule has 4 nitrogen and oxygen atoms in total. The van der Waals surface area contributed by atoms with Gasteiger partial charge in [-0.15, -0.1) is 0 Å². The Balaban J connectivity index is 1.90. The summed E-state index contributed by atoms with van der Waals surface area (Å²) < 4.78 is 11.0. The van der Waals surface area contributed by atoms with Crippen LogP contribution in [0.2, 0.25) is 0 Å². The smallest absolute Gasteiger partial charge is 0.115 e. The molecule has 4 bridgehead atoms. The Morgan fingerprint density at radius 3 is 1.60 bits per heavy atom. The second-order valence-corrected chi connectivity index (χ2v) is 3.03. The van der Waals surface area contributed by atoms with Crippen LogP contribution >= 0.6 is 0 Å². The van der Waals surface area contributed by atoms with Gasteiger partial charge in [-0.1, -0.05) is 0 Å². The molecule has 10 heavy (non-hydrogen) atoms. The molecule has 4 rings (SSSR count). The highest BCUT2D eigenvalue weighted by atomic mass is 16.6. The van der Waals surface area contributed by atoms with Crippen molar-refractivity contribution in [1.82, 2.24) is 10.6 Å². The largest absolute Gasteiger partial charge is 0.345 e. The van der Waals surface area contributed by atoms with Gasteiger partial charge in [-0.05, 0) is 0 Å². The molecular formula is C6H10N2O2. The van der Waals surface area contributed by atoms with Crippen molar-refractivity contribution >= 4 is 0 Å². The zero-order valence-electron chi connectivity index (χ0n) is 5.54. The topological polar surface area (TPSA) is 42.5 Å². The highest BCUT2D eigenvalue weighted by Gasteiger charge is 2.43. The number of rotatable bonds is 0. The van der Waals surface area contributed by atoms with E-state index in [0.29, 0.717) is 0 Å². The number of hydrogen-bond acceptors (Lipinski definition) is 4. The second-order valence-electron chi connectivity index (χ2n) is 3.03. The van der Waals surface area contributed by atoms with Crippen molar-refractivity contribution in [3.8, 4) is 0 Å². The van der Waals surface area contributed by atoms with Crippen molar-refractivity contribution in [2.75, 3.05) is 0 Å². The lowest BCUT2D eigenvalue weighted by Gasteiger charge is -2.50. The van der Waals surface area contributed by atoms with Gasteiger partial charge in [0.2, 0.25) is 0 Å². The van der Waals surface area contributed by atoms with Gasteiger partial charge in [-0.25, -0.2) is 0 Å². The molecule has 4 heteroatoms. The van der Waals surface area contributed by atoms with E-state index in [-0.39, 0.29) is 24.9 Å². The summed E-state index contributed by atoms with van der Waals surface area (Å²) in [5.74, 6) is 0. The molecule has 2 N–H and O–H groups in total. The van der Waals surface area contributed by atoms with Crippen molar-refractivity contribution in [2.45, 2.75) is 37.8 Å². The third-order valence-electron chi connectivity index (χ3n) is 2.26. The van der Waals surface area contributed by atoms with Gasteiger partial charge < -0.3 is 9.47 Å². The zero-order chi connectivity index (χ0) is 6.55. The van der Waals surface area contributed by atoms with Gasteiger partial charge in [0.15, 0.2) is 0 Å². The molecule has 0 saturated carbocycles. The Morgan fingerprint density at radius 2 is 1.20 bits per heavy atom. The molecular weight excluding hydrogens is 132 g/mol. The summed E-state index contributed by atoms with van der Waals surface area (Å²) in [6.45, 7) is 0. The van der Waals surface area contributed by atoms with E-state index in [1.807, 2.05) is 0 Å². The van der Waals surface area contributed by atoms with E-state index in [1.165, 1.54) is 0 Å². The monoisotopic (exact) mass is 142 g/mol. The van der Waals surface area contributed by atoms with Crippen LogP contribution in [0.1, 0.15) is 12.8 Å². The third-order valence-corrected chi connectivity index (χ3v) is 2.26. The normalized spacial score (nSPS) is 57.6. The van der Waals surface area contributed by atoms with Crippen LogP contribution in [0.5, 0.6) is 0 Å². The minimum atomic E-state index is 0.240. The zero-order valence-corrected chi connectivity index (χ0v) is 5.54. The predicted octanol–water partition coefficient (Wildman–Crippen LogP) is -0.676. The molecule has 0 radical (unpaired) electrons. The molecule has 4 atom stereocenters. The maximum absolute atomic E-state index is 5.52. The van der Waals surface area contributed by atoms with Crippen molar-refractivity contribution in [3.63, 3.8) is 0 Å². The first-order valence-corrected chi connectivity index (χ1v) is 3.73. The fraction of sp³-hybridized carbons (Fsp3) is 1.00. The average molecular weight is 142 g/mol. The lowest BCUT2D eigenvalue weighted by atomic mass is 10.1. The van der Waals surface area contributed by atoms with Gasteiger partial charge in [0.05, 0.1) is 0 Å². The Labute approximate surface area is 58.9 Å². The first-order valence-electron chi connectivity index (χ1n) is 3.73. The first kappa shape index (κ1) is 5.49. The van der Waals surface area contributed by atoms with E-state index in [4.69, 9.17) is 9.47 Å². The van der Waals surface area contributed by atoms with Crippen molar-refractivity contribution in [2.24, 2.45) is 0 Å². The van der Waals surface area contributed by atoms with Gasteiger partial charge in [0, 0.05) is 12.8 Å². The van der Waals surface area contributed by atoms with Gasteiger partial charge in [-0.3, -0.25) is 10.6 Å². The van der Waals surface area contributed by atoms with Crippen LogP contribution in [0, 0.1) is 0 Å². The fourth-order valence-corrected chi connectivity index (χ4v) is 1.85. The Bertz CT molecular complexity index is 105. The minimum Gasteiger partial charge on any atom is -0.345 e. The summed E-state index contributed by atoms with van der Waals surface area (Å²) in [5, 5.41) is 6.46. The lowest BCUT2D eigenvalue weighted by Crippen LogP contribution is -2.69. The first-order chi connectivity index (χ1) is 4.90. The van der Waals surface area contributed by atoms with Crippen LogP contribution in [0.4, 0.5) is 0 Å². The summed E-state index contributed by atoms with van der Waals surface area (Å²) >= 11 is 0. The van der Waals surface area contributed by atoms with Crippen molar-refractivity contribution in [1.29, 1.82) is 0 Å². The second kappa shape index (κ2) is 1.71. The van der Waals surface area contributed by atoms with Gasteiger partial charge in [0.25, 0.3) is 0 Å². The fourth-order valence-electron chi connectivity index (χ4n) is 1.85. The van der Waals surface area contributed by atoms with E-state index in [0.717, 1.165) is 12.8 Å². The van der Waals surface area contributed by atoms with Gasteiger partial charge in [-0.2, -0.15) is 0 Å². The highest BCUT2D eigenvalue weighted by Crippen LogP contribution is 2.27. The van der Waals surface area contributed by atoms with Gasteiger partial charge >= 0.3 is 0 Å². The van der Waals surface area contributed by atoms with Crippen LogP contribution < -0.4 is 10.6 Å². The Morgan fingerprint density at radius 1 is 0.800 bits per heavy atom. The molecule has 56 valence electrons. The van der Waals surface area contributed by atoms with Crippen LogP contribution in [0.15, 0.2) is 0 Å². The molecule has 0 aliphatic carbocycles. The summed E-state index contributed by atoms with van der Waals surface area (Å²) in [5.41, 5.74) is 0. The molecule has 4 unspecified atom stereocenters. The molecule has 0 aromatic heterocycles. The maximum atomic E-state index is 5.52. The molecule has 4 aliphatic heterocycles. The van der Waals surface area contributed by atoms with E-state index < -0.39 is 0 Å². The summed E-state index contributed by atoms with van der Waals surface area (Å²) in [6.07, 6.45) is 2.83. The van der Waals surface area contributed by atoms with Crippen LogP contribution in [-0.2, 0) is 9.47 Å². The molecule has 0 amide bonds. The van der Waals surface area contributed by atoms with E-state index in [1.54, 1.807) is 0 Å². The summed E-state index contributed by atoms with van der Waals surface area (Å²) in [4.78, 5) is 0. The number of hydrogen-bond donors (Lipinski definition) is 2. The standard InChI is InChI=1S/C6H10N2O2/c1-3-7-5-2-6(9-3)8-4(1)10-5/h3-8H,1-2H2. The van der Waals surface area contributed by atoms with Crippen molar-refractivity contribution in [3.05, 3.63) is 0 Å². The Kier molecular flexibility index (Phi) is 0.936. The quantitative estimate of drug-likeness (QED) is 0.470. The average Bonchev–Trinajstić information content (AvgIpc) is 1.82. The molecule has 0 aromatic carbocycles. The SMILES string of the molecule is C1C2NC3CC(NC1O3)O2. The highest BCUT2D eigenvalue weighted by molar-refractivity contribution is 4.86. The predicted molar refractivity (Wildman–Crippen MR) is 32.8 cm³/mol. The van der Waals surface area contributed by atoms with E-state index >= 15 is 0 Å². The van der Waals surface area contributed by atoms with E-state index in [2.05, 4.69) is 10.6 Å². The lowest BCUT2D eigenvalue weighted by molar-refractivity contribution is -0.274. The summed E-state index contributed by atoms with van der Waals surface area (Å²) in [7, 11) is 0. The molecule has 4 saturated heterocycles. The molecule has 4 heterocycles. The Hall–Kier alpha value is -0.160. The van der Waals surface area contributed by atoms with Crippen LogP contribution in [0.3, 0.4) is 0 Å². The molecule has 4 aliphatic rings. The maximum Gasteiger partial charge on any atom is 0.115 e. The van der Waals surface area contributed by atoms with Crippen molar-refractivity contribution < 1.29 is 9.47 Å². The summed E-state index contributed by atoms with van der Waals surface area (Å²) in [6, 6.07) is 0. The minimum absolute atomic E-state index is 0.240. The van der Waals surface area contributed by atoms with Crippen LogP contribution in [-0.4, -0.2) is 24.9 Å². The van der Waals surface area contributed by atoms with Gasteiger partial charge in [0.1, 0.15) is 24.9 Å². The number of nitrogens with one attached hydrogen (secondary N) is 2. The van der Waals surface area contributed by atoms with E-state index in [9.17, 15) is 0 Å². The third kappa shape index (κ3) is 0.645.